The molecule has 0 unspecified atom stereocenters. The predicted molar refractivity (Wildman–Crippen MR) is 91.2 cm³/mol. The van der Waals surface area contributed by atoms with Crippen molar-refractivity contribution >= 4 is 27.4 Å². The molecule has 1 saturated heterocycles. The lowest BCUT2D eigenvalue weighted by Crippen LogP contribution is -2.39. The SMILES string of the molecule is Brc1cnc2ccc(N[C@H]3CC[C@H](N4CCCC4)CC3)nn12. The fourth-order valence-electron chi connectivity index (χ4n) is 3.82. The maximum absolute atomic E-state index is 4.61. The number of fused-ring (bicyclic) bond motifs is 1. The van der Waals surface area contributed by atoms with Gasteiger partial charge in [0, 0.05) is 12.1 Å². The zero-order chi connectivity index (χ0) is 14.9. The van der Waals surface area contributed by atoms with Gasteiger partial charge in [0.25, 0.3) is 0 Å². The lowest BCUT2D eigenvalue weighted by molar-refractivity contribution is 0.186. The average molecular weight is 364 g/mol. The van der Waals surface area contributed by atoms with Crippen molar-refractivity contribution in [3.8, 4) is 0 Å². The van der Waals surface area contributed by atoms with Crippen LogP contribution in [0.3, 0.4) is 0 Å². The van der Waals surface area contributed by atoms with Gasteiger partial charge in [-0.2, -0.15) is 0 Å². The number of anilines is 1. The van der Waals surface area contributed by atoms with E-state index in [9.17, 15) is 0 Å². The van der Waals surface area contributed by atoms with Crippen LogP contribution >= 0.6 is 15.9 Å². The van der Waals surface area contributed by atoms with Crippen molar-refractivity contribution in [3.63, 3.8) is 0 Å². The molecule has 5 nitrogen and oxygen atoms in total. The van der Waals surface area contributed by atoms with E-state index < -0.39 is 0 Å². The van der Waals surface area contributed by atoms with Crippen molar-refractivity contribution in [1.82, 2.24) is 19.5 Å². The van der Waals surface area contributed by atoms with Crippen LogP contribution in [0, 0.1) is 0 Å². The van der Waals surface area contributed by atoms with Crippen molar-refractivity contribution < 1.29 is 0 Å². The van der Waals surface area contributed by atoms with Gasteiger partial charge in [-0.1, -0.05) is 0 Å². The van der Waals surface area contributed by atoms with Crippen molar-refractivity contribution in [2.24, 2.45) is 0 Å². The summed E-state index contributed by atoms with van der Waals surface area (Å²) < 4.78 is 2.72. The molecular formula is C16H22BrN5. The fourth-order valence-corrected chi connectivity index (χ4v) is 4.19. The van der Waals surface area contributed by atoms with E-state index in [-0.39, 0.29) is 0 Å². The van der Waals surface area contributed by atoms with E-state index in [4.69, 9.17) is 0 Å². The molecule has 22 heavy (non-hydrogen) atoms. The summed E-state index contributed by atoms with van der Waals surface area (Å²) in [5, 5.41) is 8.21. The fraction of sp³-hybridized carbons (Fsp3) is 0.625. The number of nitrogens with one attached hydrogen (secondary N) is 1. The maximum atomic E-state index is 4.61. The summed E-state index contributed by atoms with van der Waals surface area (Å²) in [5.74, 6) is 0.941. The molecule has 2 aliphatic rings. The molecule has 0 atom stereocenters. The van der Waals surface area contributed by atoms with Crippen LogP contribution in [0.15, 0.2) is 22.9 Å². The number of likely N-dealkylation sites (tertiary alicyclic amines) is 1. The highest BCUT2D eigenvalue weighted by molar-refractivity contribution is 9.10. The van der Waals surface area contributed by atoms with Gasteiger partial charge in [-0.25, -0.2) is 9.50 Å². The van der Waals surface area contributed by atoms with Crippen LogP contribution in [0.2, 0.25) is 0 Å². The standard InChI is InChI=1S/C16H22BrN5/c17-14-11-18-16-8-7-15(20-22(14)16)19-12-3-5-13(6-4-12)21-9-1-2-10-21/h7-8,11-13H,1-6,9-10H2,(H,19,20)/t12-,13-. The van der Waals surface area contributed by atoms with E-state index in [2.05, 4.69) is 36.2 Å². The van der Waals surface area contributed by atoms with Gasteiger partial charge in [-0.15, -0.1) is 5.10 Å². The van der Waals surface area contributed by atoms with Crippen molar-refractivity contribution in [3.05, 3.63) is 22.9 Å². The lowest BCUT2D eigenvalue weighted by Gasteiger charge is -2.34. The van der Waals surface area contributed by atoms with Crippen LogP contribution in [0.5, 0.6) is 0 Å². The second-order valence-corrected chi connectivity index (χ2v) is 7.27. The maximum Gasteiger partial charge on any atom is 0.154 e. The van der Waals surface area contributed by atoms with Gasteiger partial charge >= 0.3 is 0 Å². The molecule has 4 rings (SSSR count). The van der Waals surface area contributed by atoms with E-state index in [0.717, 1.165) is 22.1 Å². The van der Waals surface area contributed by atoms with E-state index in [1.165, 1.54) is 51.6 Å². The van der Waals surface area contributed by atoms with Gasteiger partial charge in [-0.3, -0.25) is 0 Å². The second kappa shape index (κ2) is 6.16. The molecule has 1 saturated carbocycles. The first-order valence-corrected chi connectivity index (χ1v) is 9.10. The Morgan fingerprint density at radius 1 is 1.09 bits per heavy atom. The van der Waals surface area contributed by atoms with E-state index in [1.54, 1.807) is 6.20 Å². The molecule has 0 spiro atoms. The molecule has 118 valence electrons. The van der Waals surface area contributed by atoms with E-state index in [1.807, 2.05) is 16.6 Å². The minimum Gasteiger partial charge on any atom is -0.366 e. The van der Waals surface area contributed by atoms with Gasteiger partial charge in [0.15, 0.2) is 5.65 Å². The lowest BCUT2D eigenvalue weighted by atomic mass is 9.90. The van der Waals surface area contributed by atoms with Crippen LogP contribution in [-0.4, -0.2) is 44.7 Å². The molecular weight excluding hydrogens is 342 g/mol. The summed E-state index contributed by atoms with van der Waals surface area (Å²) in [4.78, 5) is 6.98. The topological polar surface area (TPSA) is 45.5 Å². The highest BCUT2D eigenvalue weighted by atomic mass is 79.9. The van der Waals surface area contributed by atoms with Gasteiger partial charge in [0.1, 0.15) is 10.4 Å². The number of rotatable bonds is 3. The van der Waals surface area contributed by atoms with Crippen molar-refractivity contribution in [2.75, 3.05) is 18.4 Å². The number of aromatic nitrogens is 3. The van der Waals surface area contributed by atoms with Crippen LogP contribution < -0.4 is 5.32 Å². The van der Waals surface area contributed by atoms with Crippen LogP contribution in [0.1, 0.15) is 38.5 Å². The molecule has 3 heterocycles. The van der Waals surface area contributed by atoms with Crippen molar-refractivity contribution in [1.29, 1.82) is 0 Å². The highest BCUT2D eigenvalue weighted by Gasteiger charge is 2.27. The average Bonchev–Trinajstić information content (AvgIpc) is 3.19. The molecule has 2 aromatic heterocycles. The number of hydrogen-bond donors (Lipinski definition) is 1. The molecule has 0 aromatic carbocycles. The Balaban J connectivity index is 1.38. The minimum absolute atomic E-state index is 0.547. The minimum atomic E-state index is 0.547. The monoisotopic (exact) mass is 363 g/mol. The Kier molecular flexibility index (Phi) is 4.05. The van der Waals surface area contributed by atoms with Gasteiger partial charge in [0.2, 0.25) is 0 Å². The summed E-state index contributed by atoms with van der Waals surface area (Å²) in [6.07, 6.45) is 9.68. The molecule has 6 heteroatoms. The van der Waals surface area contributed by atoms with E-state index >= 15 is 0 Å². The van der Waals surface area contributed by atoms with Gasteiger partial charge in [0.05, 0.1) is 6.20 Å². The Bertz CT molecular complexity index is 641. The van der Waals surface area contributed by atoms with E-state index in [0.29, 0.717) is 6.04 Å². The van der Waals surface area contributed by atoms with Crippen LogP contribution in [0.25, 0.3) is 5.65 Å². The van der Waals surface area contributed by atoms with Gasteiger partial charge in [-0.05, 0) is 79.7 Å². The first-order chi connectivity index (χ1) is 10.8. The molecule has 2 aromatic rings. The number of nitrogens with zero attached hydrogens (tertiary/aromatic N) is 4. The Hall–Kier alpha value is -1.14. The zero-order valence-corrected chi connectivity index (χ0v) is 14.3. The Labute approximate surface area is 139 Å². The summed E-state index contributed by atoms with van der Waals surface area (Å²) in [5.41, 5.74) is 0.871. The normalized spacial score (nSPS) is 26.6. The number of imidazole rings is 1. The largest absolute Gasteiger partial charge is 0.366 e. The third-order valence-corrected chi connectivity index (χ3v) is 5.57. The number of halogens is 1. The molecule has 1 aliphatic carbocycles. The van der Waals surface area contributed by atoms with Crippen LogP contribution in [-0.2, 0) is 0 Å². The second-order valence-electron chi connectivity index (χ2n) is 6.46. The summed E-state index contributed by atoms with van der Waals surface area (Å²) in [6, 6.07) is 5.40. The Morgan fingerprint density at radius 2 is 1.86 bits per heavy atom. The molecule has 1 aliphatic heterocycles. The Morgan fingerprint density at radius 3 is 2.64 bits per heavy atom. The molecule has 0 radical (unpaired) electrons. The predicted octanol–water partition coefficient (Wildman–Crippen LogP) is 3.31. The van der Waals surface area contributed by atoms with Crippen LogP contribution in [0.4, 0.5) is 5.82 Å². The quantitative estimate of drug-likeness (QED) is 0.908. The molecule has 0 amide bonds. The first-order valence-electron chi connectivity index (χ1n) is 8.30. The first kappa shape index (κ1) is 14.5. The smallest absolute Gasteiger partial charge is 0.154 e. The van der Waals surface area contributed by atoms with Crippen molar-refractivity contribution in [2.45, 2.75) is 50.6 Å². The number of hydrogen-bond acceptors (Lipinski definition) is 4. The van der Waals surface area contributed by atoms with Gasteiger partial charge < -0.3 is 10.2 Å². The third-order valence-electron chi connectivity index (χ3n) is 5.03. The summed E-state index contributed by atoms with van der Waals surface area (Å²) in [7, 11) is 0. The third kappa shape index (κ3) is 2.86. The molecule has 0 bridgehead atoms. The summed E-state index contributed by atoms with van der Waals surface area (Å²) in [6.45, 7) is 2.63. The molecule has 1 N–H and O–H groups in total. The summed E-state index contributed by atoms with van der Waals surface area (Å²) >= 11 is 3.48. The highest BCUT2D eigenvalue weighted by Crippen LogP contribution is 2.27. The zero-order valence-electron chi connectivity index (χ0n) is 12.7. The molecule has 2 fully saturated rings.